The van der Waals surface area contributed by atoms with Gasteiger partial charge >= 0.3 is 6.03 Å². The molecule has 5 amide bonds. The summed E-state index contributed by atoms with van der Waals surface area (Å²) >= 11 is 0. The number of carbonyl (C=O) groups excluding carboxylic acids is 4. The number of amides is 5. The Balaban J connectivity index is 1.59. The molecule has 0 bridgehead atoms. The monoisotopic (exact) mass is 576 g/mol. The van der Waals surface area contributed by atoms with Crippen LogP contribution in [0.4, 0.5) is 10.5 Å². The summed E-state index contributed by atoms with van der Waals surface area (Å²) < 4.78 is 0. The first-order valence-electron chi connectivity index (χ1n) is 14.9. The molecule has 1 heterocycles. The summed E-state index contributed by atoms with van der Waals surface area (Å²) in [6, 6.07) is 14.8. The standard InChI is InChI=1S/C32H44N6O4/c1-21(2)28(35-29(39)22(3)33-4)31(41)38-19-18-37(32(42)36(5)24-14-7-6-8-15-24)20-27(38)30(40)34-26-17-11-13-23-12-9-10-16-25(23)26/h6-10,12,14-16,21-22,26-28,33H,11,13,17-20H2,1-5H3,(H,34,40)(H,35,39)/t22-,26+,27-,28-/m0/s1. The van der Waals surface area contributed by atoms with E-state index in [-0.39, 0.29) is 55.3 Å². The van der Waals surface area contributed by atoms with Gasteiger partial charge in [-0.1, -0.05) is 56.3 Å². The summed E-state index contributed by atoms with van der Waals surface area (Å²) in [7, 11) is 3.39. The quantitative estimate of drug-likeness (QED) is 0.447. The number of nitrogens with one attached hydrogen (secondary N) is 3. The number of benzene rings is 2. The van der Waals surface area contributed by atoms with Crippen LogP contribution >= 0.6 is 0 Å². The molecule has 0 saturated carbocycles. The fourth-order valence-electron chi connectivity index (χ4n) is 5.69. The average molecular weight is 577 g/mol. The van der Waals surface area contributed by atoms with Crippen molar-refractivity contribution in [3.63, 3.8) is 0 Å². The maximum Gasteiger partial charge on any atom is 0.324 e. The van der Waals surface area contributed by atoms with Crippen LogP contribution in [0.25, 0.3) is 0 Å². The summed E-state index contributed by atoms with van der Waals surface area (Å²) in [5.74, 6) is -1.12. The minimum absolute atomic E-state index is 0.0492. The number of rotatable bonds is 8. The van der Waals surface area contributed by atoms with Crippen molar-refractivity contribution in [1.82, 2.24) is 25.8 Å². The Hall–Kier alpha value is -3.92. The highest BCUT2D eigenvalue weighted by atomic mass is 16.2. The van der Waals surface area contributed by atoms with E-state index in [1.165, 1.54) is 5.56 Å². The zero-order chi connectivity index (χ0) is 30.4. The maximum absolute atomic E-state index is 14.0. The summed E-state index contributed by atoms with van der Waals surface area (Å²) in [6.07, 6.45) is 2.72. The van der Waals surface area contributed by atoms with Crippen molar-refractivity contribution in [2.45, 2.75) is 64.2 Å². The Bertz CT molecular complexity index is 1270. The molecule has 0 unspecified atom stereocenters. The molecule has 42 heavy (non-hydrogen) atoms. The molecule has 1 saturated heterocycles. The number of likely N-dealkylation sites (N-methyl/N-ethyl adjacent to an activating group) is 1. The van der Waals surface area contributed by atoms with Gasteiger partial charge in [0, 0.05) is 25.8 Å². The van der Waals surface area contributed by atoms with Crippen molar-refractivity contribution >= 4 is 29.4 Å². The number of urea groups is 1. The Morgan fingerprint density at radius 2 is 1.64 bits per heavy atom. The molecule has 0 radical (unpaired) electrons. The average Bonchev–Trinajstić information content (AvgIpc) is 3.02. The number of carbonyl (C=O) groups is 4. The van der Waals surface area contributed by atoms with Gasteiger partial charge in [-0.15, -0.1) is 0 Å². The Labute approximate surface area is 248 Å². The van der Waals surface area contributed by atoms with Crippen molar-refractivity contribution in [3.8, 4) is 0 Å². The van der Waals surface area contributed by atoms with Gasteiger partial charge < -0.3 is 25.8 Å². The molecule has 1 aliphatic heterocycles. The zero-order valence-corrected chi connectivity index (χ0v) is 25.3. The van der Waals surface area contributed by atoms with Crippen LogP contribution in [0.5, 0.6) is 0 Å². The van der Waals surface area contributed by atoms with Crippen LogP contribution in [0.15, 0.2) is 54.6 Å². The molecule has 1 fully saturated rings. The maximum atomic E-state index is 14.0. The number of fused-ring (bicyclic) bond motifs is 1. The second-order valence-corrected chi connectivity index (χ2v) is 11.6. The first-order valence-corrected chi connectivity index (χ1v) is 14.9. The zero-order valence-electron chi connectivity index (χ0n) is 25.3. The molecule has 0 spiro atoms. The second-order valence-electron chi connectivity index (χ2n) is 11.6. The number of anilines is 1. The van der Waals surface area contributed by atoms with Crippen molar-refractivity contribution in [2.75, 3.05) is 38.6 Å². The second kappa shape index (κ2) is 13.8. The van der Waals surface area contributed by atoms with E-state index in [2.05, 4.69) is 22.0 Å². The first kappa shape index (κ1) is 31.0. The molecule has 0 aromatic heterocycles. The van der Waals surface area contributed by atoms with Gasteiger partial charge in [0.1, 0.15) is 12.1 Å². The van der Waals surface area contributed by atoms with E-state index >= 15 is 0 Å². The number of nitrogens with zero attached hydrogens (tertiary/aromatic N) is 3. The molecule has 2 aliphatic rings. The SMILES string of the molecule is CN[C@@H](C)C(=O)N[C@H](C(=O)N1CCN(C(=O)N(C)c2ccccc2)C[C@H]1C(=O)N[C@@H]1CCCc2ccccc21)C(C)C. The van der Waals surface area contributed by atoms with Gasteiger partial charge in [0.05, 0.1) is 18.6 Å². The van der Waals surface area contributed by atoms with Crippen LogP contribution in [-0.2, 0) is 20.8 Å². The summed E-state index contributed by atoms with van der Waals surface area (Å²) in [5, 5.41) is 8.98. The molecule has 10 nitrogen and oxygen atoms in total. The normalized spacial score (nSPS) is 19.9. The molecule has 4 rings (SSSR count). The van der Waals surface area contributed by atoms with Gasteiger partial charge in [-0.25, -0.2) is 4.79 Å². The minimum atomic E-state index is -0.909. The van der Waals surface area contributed by atoms with Crippen LogP contribution in [0, 0.1) is 5.92 Å². The minimum Gasteiger partial charge on any atom is -0.347 e. The third-order valence-electron chi connectivity index (χ3n) is 8.41. The highest BCUT2D eigenvalue weighted by Crippen LogP contribution is 2.30. The summed E-state index contributed by atoms with van der Waals surface area (Å²) in [6.45, 7) is 5.96. The van der Waals surface area contributed by atoms with E-state index in [1.54, 1.807) is 35.7 Å². The fraction of sp³-hybridized carbons (Fsp3) is 0.500. The van der Waals surface area contributed by atoms with E-state index in [0.29, 0.717) is 0 Å². The smallest absolute Gasteiger partial charge is 0.324 e. The number of para-hydroxylation sites is 1. The van der Waals surface area contributed by atoms with Crippen LogP contribution in [0.1, 0.15) is 50.8 Å². The summed E-state index contributed by atoms with van der Waals surface area (Å²) in [5.41, 5.74) is 3.05. The third kappa shape index (κ3) is 6.92. The fourth-order valence-corrected chi connectivity index (χ4v) is 5.69. The molecule has 10 heteroatoms. The lowest BCUT2D eigenvalue weighted by molar-refractivity contribution is -0.147. The molecule has 226 valence electrons. The van der Waals surface area contributed by atoms with Gasteiger partial charge in [-0.3, -0.25) is 19.3 Å². The lowest BCUT2D eigenvalue weighted by Crippen LogP contribution is -2.66. The van der Waals surface area contributed by atoms with Crippen LogP contribution in [0.2, 0.25) is 0 Å². The molecule has 4 atom stereocenters. The van der Waals surface area contributed by atoms with Crippen LogP contribution in [-0.4, -0.2) is 85.4 Å². The molecular weight excluding hydrogens is 532 g/mol. The van der Waals surface area contributed by atoms with Gasteiger partial charge in [-0.05, 0) is 62.4 Å². The van der Waals surface area contributed by atoms with E-state index in [4.69, 9.17) is 0 Å². The number of aryl methyl sites for hydroxylation is 1. The molecule has 3 N–H and O–H groups in total. The number of piperazine rings is 1. The van der Waals surface area contributed by atoms with Crippen molar-refractivity contribution in [1.29, 1.82) is 0 Å². The van der Waals surface area contributed by atoms with E-state index < -0.39 is 18.1 Å². The van der Waals surface area contributed by atoms with Gasteiger partial charge in [0.2, 0.25) is 17.7 Å². The van der Waals surface area contributed by atoms with Crippen LogP contribution in [0.3, 0.4) is 0 Å². The van der Waals surface area contributed by atoms with Crippen LogP contribution < -0.4 is 20.9 Å². The van der Waals surface area contributed by atoms with E-state index in [1.807, 2.05) is 62.4 Å². The predicted molar refractivity (Wildman–Crippen MR) is 163 cm³/mol. The van der Waals surface area contributed by atoms with Gasteiger partial charge in [0.15, 0.2) is 0 Å². The van der Waals surface area contributed by atoms with Gasteiger partial charge in [-0.2, -0.15) is 0 Å². The molecule has 2 aromatic rings. The van der Waals surface area contributed by atoms with Gasteiger partial charge in [0.25, 0.3) is 0 Å². The predicted octanol–water partition coefficient (Wildman–Crippen LogP) is 2.70. The largest absolute Gasteiger partial charge is 0.347 e. The Morgan fingerprint density at radius 1 is 0.952 bits per heavy atom. The highest BCUT2D eigenvalue weighted by molar-refractivity contribution is 5.95. The van der Waals surface area contributed by atoms with Crippen molar-refractivity contribution < 1.29 is 19.2 Å². The lowest BCUT2D eigenvalue weighted by Gasteiger charge is -2.43. The van der Waals surface area contributed by atoms with E-state index in [9.17, 15) is 19.2 Å². The van der Waals surface area contributed by atoms with Crippen molar-refractivity contribution in [3.05, 3.63) is 65.7 Å². The molecular formula is C32H44N6O4. The van der Waals surface area contributed by atoms with Crippen molar-refractivity contribution in [2.24, 2.45) is 5.92 Å². The third-order valence-corrected chi connectivity index (χ3v) is 8.41. The summed E-state index contributed by atoms with van der Waals surface area (Å²) in [4.78, 5) is 59.0. The highest BCUT2D eigenvalue weighted by Gasteiger charge is 2.42. The Kier molecular flexibility index (Phi) is 10.2. The molecule has 1 aliphatic carbocycles. The number of hydrogen-bond acceptors (Lipinski definition) is 5. The van der Waals surface area contributed by atoms with E-state index in [0.717, 1.165) is 30.5 Å². The molecule has 2 aromatic carbocycles. The topological polar surface area (TPSA) is 114 Å². The first-order chi connectivity index (χ1) is 20.1. The lowest BCUT2D eigenvalue weighted by atomic mass is 9.87. The number of hydrogen-bond donors (Lipinski definition) is 3. The Morgan fingerprint density at radius 3 is 2.33 bits per heavy atom.